The van der Waals surface area contributed by atoms with Gasteiger partial charge in [-0.25, -0.2) is 0 Å². The molecule has 2 aromatic carbocycles. The summed E-state index contributed by atoms with van der Waals surface area (Å²) in [6.45, 7) is 5.62. The van der Waals surface area contributed by atoms with Crippen molar-refractivity contribution in [3.05, 3.63) is 53.1 Å². The summed E-state index contributed by atoms with van der Waals surface area (Å²) in [5, 5.41) is 9.61. The summed E-state index contributed by atoms with van der Waals surface area (Å²) in [7, 11) is 0. The molecule has 0 saturated carbocycles. The van der Waals surface area contributed by atoms with E-state index >= 15 is 0 Å². The molecule has 0 fully saturated rings. The molecule has 0 bridgehead atoms. The molecule has 0 aliphatic carbocycles. The number of hydrogen-bond acceptors (Lipinski definition) is 4. The third kappa shape index (κ3) is 5.18. The molecule has 8 heteroatoms. The maximum atomic E-state index is 12.5. The van der Waals surface area contributed by atoms with Crippen LogP contribution in [0.3, 0.4) is 0 Å². The first kappa shape index (κ1) is 21.8. The van der Waals surface area contributed by atoms with Crippen molar-refractivity contribution in [3.63, 3.8) is 0 Å². The van der Waals surface area contributed by atoms with E-state index in [1.807, 2.05) is 18.2 Å². The number of ether oxygens (including phenoxy) is 1. The molecule has 0 radical (unpaired) electrons. The zero-order valence-electron chi connectivity index (χ0n) is 16.5. The van der Waals surface area contributed by atoms with E-state index in [1.54, 1.807) is 12.3 Å². The first-order chi connectivity index (χ1) is 13.5. The fourth-order valence-electron chi connectivity index (χ4n) is 3.62. The van der Waals surface area contributed by atoms with E-state index in [0.717, 1.165) is 22.6 Å². The van der Waals surface area contributed by atoms with Crippen molar-refractivity contribution in [2.24, 2.45) is 0 Å². The summed E-state index contributed by atoms with van der Waals surface area (Å²) in [5.74, 6) is -1.13. The van der Waals surface area contributed by atoms with Crippen LogP contribution in [0, 0.1) is 0 Å². The molecule has 0 saturated heterocycles. The van der Waals surface area contributed by atoms with Crippen molar-refractivity contribution in [1.29, 1.82) is 0 Å². The van der Waals surface area contributed by atoms with Gasteiger partial charge in [-0.05, 0) is 67.2 Å². The number of aromatic hydroxyl groups is 1. The lowest BCUT2D eigenvalue weighted by atomic mass is 9.93. The summed E-state index contributed by atoms with van der Waals surface area (Å²) < 4.78 is 53.4. The van der Waals surface area contributed by atoms with E-state index in [1.165, 1.54) is 12.1 Å². The smallest absolute Gasteiger partial charge is 0.573 e. The monoisotopic (exact) mass is 427 g/mol. The number of rotatable bonds is 6. The van der Waals surface area contributed by atoms with E-state index in [2.05, 4.69) is 23.5 Å². The molecule has 0 spiro atoms. The average molecular weight is 427 g/mol. The minimum absolute atomic E-state index is 0.228. The Morgan fingerprint density at radius 2 is 1.90 bits per heavy atom. The lowest BCUT2D eigenvalue weighted by Gasteiger charge is -2.35. The Hall–Kier alpha value is -1.90. The highest BCUT2D eigenvalue weighted by atomic mass is 32.2. The van der Waals surface area contributed by atoms with E-state index in [0.29, 0.717) is 24.9 Å². The number of phenols is 1. The van der Waals surface area contributed by atoms with E-state index in [-0.39, 0.29) is 5.54 Å². The first-order valence-electron chi connectivity index (χ1n) is 9.23. The summed E-state index contributed by atoms with van der Waals surface area (Å²) in [6.07, 6.45) is -1.95. The fraction of sp³-hybridized carbons (Fsp3) is 0.429. The van der Waals surface area contributed by atoms with Crippen LogP contribution in [0.4, 0.5) is 13.2 Å². The molecule has 1 unspecified atom stereocenters. The van der Waals surface area contributed by atoms with Crippen LogP contribution in [0.15, 0.2) is 41.3 Å². The summed E-state index contributed by atoms with van der Waals surface area (Å²) in [6, 6.07) is 9.91. The van der Waals surface area contributed by atoms with Crippen molar-refractivity contribution < 1.29 is 27.6 Å². The zero-order chi connectivity index (χ0) is 21.4. The van der Waals surface area contributed by atoms with Gasteiger partial charge in [0.15, 0.2) is 16.4 Å². The van der Waals surface area contributed by atoms with Crippen LogP contribution in [0.1, 0.15) is 37.0 Å². The van der Waals surface area contributed by atoms with Gasteiger partial charge in [0.25, 0.3) is 0 Å². The minimum atomic E-state index is -4.85. The fourth-order valence-corrected chi connectivity index (χ4v) is 4.43. The molecule has 1 N–H and O–H groups in total. The van der Waals surface area contributed by atoms with Crippen molar-refractivity contribution >= 4 is 11.2 Å². The molecular formula is C21H24F3NO3S. The molecule has 1 aliphatic rings. The molecule has 0 amide bonds. The Bertz CT molecular complexity index is 884. The highest BCUT2D eigenvalue weighted by Gasteiger charge is 2.35. The molecular weight excluding hydrogens is 403 g/mol. The number of alkyl halides is 3. The number of nitrogens with zero attached hydrogens (tertiary/aromatic N) is 1. The van der Waals surface area contributed by atoms with E-state index < -0.39 is 29.0 Å². The van der Waals surface area contributed by atoms with Crippen LogP contribution in [0.25, 0.3) is 0 Å². The SMILES string of the molecule is C[S+]([O-])c1cccc2c1CN(C(C)(C)CCc1ccc(O)c(OC(F)(F)F)c1)C2. The Labute approximate surface area is 171 Å². The number of hydrogen-bond donors (Lipinski definition) is 1. The van der Waals surface area contributed by atoms with Crippen molar-refractivity contribution in [2.45, 2.75) is 56.6 Å². The van der Waals surface area contributed by atoms with Gasteiger partial charge < -0.3 is 14.4 Å². The maximum absolute atomic E-state index is 12.5. The Kier molecular flexibility index (Phi) is 6.08. The van der Waals surface area contributed by atoms with Crippen LogP contribution in [-0.2, 0) is 30.7 Å². The Balaban J connectivity index is 1.70. The second kappa shape index (κ2) is 8.08. The number of benzene rings is 2. The molecule has 29 heavy (non-hydrogen) atoms. The standard InChI is InChI=1S/C21H24F3NO3S/c1-20(2,25-12-15-5-4-6-19(29(3)27)16(15)13-25)10-9-14-7-8-17(26)18(11-14)28-21(22,23)24/h4-8,11,26H,9-10,12-13H2,1-3H3. The quantitative estimate of drug-likeness (QED) is 0.676. The highest BCUT2D eigenvalue weighted by Crippen LogP contribution is 2.36. The second-order valence-electron chi connectivity index (χ2n) is 7.87. The molecule has 1 atom stereocenters. The van der Waals surface area contributed by atoms with E-state index in [4.69, 9.17) is 0 Å². The molecule has 3 rings (SSSR count). The summed E-state index contributed by atoms with van der Waals surface area (Å²) >= 11 is -1.06. The van der Waals surface area contributed by atoms with Crippen molar-refractivity contribution in [3.8, 4) is 11.5 Å². The Morgan fingerprint density at radius 1 is 1.17 bits per heavy atom. The topological polar surface area (TPSA) is 55.8 Å². The van der Waals surface area contributed by atoms with Crippen LogP contribution >= 0.6 is 0 Å². The predicted molar refractivity (Wildman–Crippen MR) is 105 cm³/mol. The van der Waals surface area contributed by atoms with Gasteiger partial charge in [-0.2, -0.15) is 0 Å². The van der Waals surface area contributed by atoms with Crippen LogP contribution in [-0.4, -0.2) is 32.7 Å². The van der Waals surface area contributed by atoms with Gasteiger partial charge >= 0.3 is 6.36 Å². The number of halogens is 3. The summed E-state index contributed by atoms with van der Waals surface area (Å²) in [4.78, 5) is 3.15. The maximum Gasteiger partial charge on any atom is 0.573 e. The van der Waals surface area contributed by atoms with Crippen LogP contribution in [0.2, 0.25) is 0 Å². The van der Waals surface area contributed by atoms with Gasteiger partial charge in [0.2, 0.25) is 0 Å². The number of fused-ring (bicyclic) bond motifs is 1. The molecule has 2 aromatic rings. The third-order valence-corrected chi connectivity index (χ3v) is 6.38. The lowest BCUT2D eigenvalue weighted by Crippen LogP contribution is -2.40. The second-order valence-corrected chi connectivity index (χ2v) is 9.21. The van der Waals surface area contributed by atoms with Crippen molar-refractivity contribution in [1.82, 2.24) is 4.90 Å². The van der Waals surface area contributed by atoms with Crippen LogP contribution in [0.5, 0.6) is 11.5 Å². The summed E-state index contributed by atoms with van der Waals surface area (Å²) in [5.41, 5.74) is 2.69. The predicted octanol–water partition coefficient (Wildman–Crippen LogP) is 4.76. The van der Waals surface area contributed by atoms with Gasteiger partial charge in [0.1, 0.15) is 6.26 Å². The van der Waals surface area contributed by atoms with Crippen LogP contribution < -0.4 is 4.74 Å². The van der Waals surface area contributed by atoms with Crippen molar-refractivity contribution in [2.75, 3.05) is 6.26 Å². The number of phenolic OH excluding ortho intramolecular Hbond substituents is 1. The molecule has 158 valence electrons. The average Bonchev–Trinajstić information content (AvgIpc) is 3.06. The largest absolute Gasteiger partial charge is 0.612 e. The van der Waals surface area contributed by atoms with Gasteiger partial charge in [0, 0.05) is 24.2 Å². The normalized spacial score (nSPS) is 16.0. The van der Waals surface area contributed by atoms with E-state index in [9.17, 15) is 22.8 Å². The minimum Gasteiger partial charge on any atom is -0.612 e. The highest BCUT2D eigenvalue weighted by molar-refractivity contribution is 7.90. The molecule has 1 aliphatic heterocycles. The Morgan fingerprint density at radius 3 is 2.55 bits per heavy atom. The van der Waals surface area contributed by atoms with Gasteiger partial charge in [-0.1, -0.05) is 18.2 Å². The third-order valence-electron chi connectivity index (χ3n) is 5.38. The molecule has 0 aromatic heterocycles. The number of aryl methyl sites for hydroxylation is 1. The van der Waals surface area contributed by atoms with Gasteiger partial charge in [-0.15, -0.1) is 13.2 Å². The molecule has 4 nitrogen and oxygen atoms in total. The lowest BCUT2D eigenvalue weighted by molar-refractivity contribution is -0.275. The first-order valence-corrected chi connectivity index (χ1v) is 10.8. The molecule has 1 heterocycles. The zero-order valence-corrected chi connectivity index (χ0v) is 17.4. The van der Waals surface area contributed by atoms with Gasteiger partial charge in [0.05, 0.1) is 0 Å². The van der Waals surface area contributed by atoms with Gasteiger partial charge in [-0.3, -0.25) is 4.90 Å².